The minimum absolute atomic E-state index is 0.244. The molecule has 5 heteroatoms. The standard InChI is InChI=1S/C18H28O4Si/c1-6-23(7-2,8-3)22-17(13-14-18(19)21-5)15-9-11-16(20-4)12-10-15/h9-14,17H,6-8H2,1-5H3/b14-13+. The summed E-state index contributed by atoms with van der Waals surface area (Å²) in [6.45, 7) is 6.57. The van der Waals surface area contributed by atoms with E-state index < -0.39 is 8.32 Å². The number of hydrogen-bond donors (Lipinski definition) is 0. The highest BCUT2D eigenvalue weighted by molar-refractivity contribution is 6.73. The predicted molar refractivity (Wildman–Crippen MR) is 95.2 cm³/mol. The molecule has 1 atom stereocenters. The fraction of sp³-hybridized carbons (Fsp3) is 0.500. The SMILES string of the molecule is CC[Si](CC)(CC)OC(/C=C/C(=O)OC)c1ccc(OC)cc1. The van der Waals surface area contributed by atoms with E-state index in [0.29, 0.717) is 0 Å². The van der Waals surface area contributed by atoms with E-state index >= 15 is 0 Å². The van der Waals surface area contributed by atoms with Crippen LogP contribution in [0.2, 0.25) is 18.1 Å². The van der Waals surface area contributed by atoms with Crippen molar-refractivity contribution in [2.45, 2.75) is 45.0 Å². The molecule has 0 aliphatic heterocycles. The molecule has 0 saturated heterocycles. The lowest BCUT2D eigenvalue weighted by Gasteiger charge is -2.32. The van der Waals surface area contributed by atoms with Gasteiger partial charge in [-0.15, -0.1) is 0 Å². The van der Waals surface area contributed by atoms with E-state index in [1.165, 1.54) is 13.2 Å². The lowest BCUT2D eigenvalue weighted by atomic mass is 10.1. The Hall–Kier alpha value is -1.59. The van der Waals surface area contributed by atoms with E-state index in [4.69, 9.17) is 13.9 Å². The molecule has 0 bridgehead atoms. The molecule has 0 fully saturated rings. The zero-order valence-corrected chi connectivity index (χ0v) is 15.8. The van der Waals surface area contributed by atoms with Crippen LogP contribution in [-0.4, -0.2) is 28.5 Å². The first-order chi connectivity index (χ1) is 11.0. The largest absolute Gasteiger partial charge is 0.497 e. The Balaban J connectivity index is 3.09. The maximum atomic E-state index is 11.4. The average Bonchev–Trinajstić information content (AvgIpc) is 2.62. The molecular weight excluding hydrogens is 308 g/mol. The number of ether oxygens (including phenoxy) is 2. The van der Waals surface area contributed by atoms with Crippen molar-refractivity contribution in [2.75, 3.05) is 14.2 Å². The number of rotatable bonds is 9. The van der Waals surface area contributed by atoms with Gasteiger partial charge in [-0.25, -0.2) is 4.79 Å². The second-order valence-corrected chi connectivity index (χ2v) is 10.2. The van der Waals surface area contributed by atoms with Crippen LogP contribution in [-0.2, 0) is 14.0 Å². The molecule has 0 radical (unpaired) electrons. The van der Waals surface area contributed by atoms with Gasteiger partial charge >= 0.3 is 5.97 Å². The minimum Gasteiger partial charge on any atom is -0.497 e. The van der Waals surface area contributed by atoms with Crippen LogP contribution in [0.4, 0.5) is 0 Å². The second kappa shape index (κ2) is 9.52. The second-order valence-electron chi connectivity index (χ2n) is 5.44. The molecule has 1 unspecified atom stereocenters. The first-order valence-electron chi connectivity index (χ1n) is 8.12. The van der Waals surface area contributed by atoms with Crippen molar-refractivity contribution in [3.8, 4) is 5.75 Å². The van der Waals surface area contributed by atoms with E-state index in [-0.39, 0.29) is 12.1 Å². The van der Waals surface area contributed by atoms with Gasteiger partial charge in [0.2, 0.25) is 0 Å². The van der Waals surface area contributed by atoms with Crippen LogP contribution < -0.4 is 4.74 Å². The van der Waals surface area contributed by atoms with Gasteiger partial charge in [-0.2, -0.15) is 0 Å². The summed E-state index contributed by atoms with van der Waals surface area (Å²) in [5, 5.41) is 0. The van der Waals surface area contributed by atoms with Gasteiger partial charge in [0.05, 0.1) is 20.3 Å². The van der Waals surface area contributed by atoms with Crippen molar-refractivity contribution in [1.82, 2.24) is 0 Å². The highest BCUT2D eigenvalue weighted by Gasteiger charge is 2.31. The fourth-order valence-corrected chi connectivity index (χ4v) is 5.27. The molecule has 1 aromatic rings. The molecule has 4 nitrogen and oxygen atoms in total. The molecule has 0 aliphatic rings. The van der Waals surface area contributed by atoms with Gasteiger partial charge in [0.15, 0.2) is 8.32 Å². The molecule has 1 rings (SSSR count). The molecule has 0 amide bonds. The molecule has 1 aromatic carbocycles. The van der Waals surface area contributed by atoms with Gasteiger partial charge in [0.25, 0.3) is 0 Å². The number of carbonyl (C=O) groups is 1. The number of carbonyl (C=O) groups excluding carboxylic acids is 1. The van der Waals surface area contributed by atoms with Crippen molar-refractivity contribution in [1.29, 1.82) is 0 Å². The lowest BCUT2D eigenvalue weighted by molar-refractivity contribution is -0.134. The molecule has 0 saturated carbocycles. The number of benzene rings is 1. The Morgan fingerprint density at radius 3 is 2.09 bits per heavy atom. The van der Waals surface area contributed by atoms with Gasteiger partial charge in [0.1, 0.15) is 5.75 Å². The predicted octanol–water partition coefficient (Wildman–Crippen LogP) is 4.49. The Morgan fingerprint density at radius 1 is 1.09 bits per heavy atom. The summed E-state index contributed by atoms with van der Waals surface area (Å²) in [6.07, 6.45) is 2.98. The summed E-state index contributed by atoms with van der Waals surface area (Å²) in [6, 6.07) is 10.9. The number of hydrogen-bond acceptors (Lipinski definition) is 4. The van der Waals surface area contributed by atoms with Crippen LogP contribution in [0.5, 0.6) is 5.75 Å². The van der Waals surface area contributed by atoms with E-state index in [1.807, 2.05) is 24.3 Å². The quantitative estimate of drug-likeness (QED) is 0.379. The van der Waals surface area contributed by atoms with Gasteiger partial charge in [-0.3, -0.25) is 0 Å². The van der Waals surface area contributed by atoms with Crippen molar-refractivity contribution >= 4 is 14.3 Å². The Labute approximate surface area is 140 Å². The van der Waals surface area contributed by atoms with Gasteiger partial charge in [-0.1, -0.05) is 32.9 Å². The van der Waals surface area contributed by atoms with E-state index in [0.717, 1.165) is 29.4 Å². The van der Waals surface area contributed by atoms with Crippen LogP contribution in [0.15, 0.2) is 36.4 Å². The Bertz CT molecular complexity index is 498. The van der Waals surface area contributed by atoms with Gasteiger partial charge in [0, 0.05) is 6.08 Å². The molecular formula is C18H28O4Si. The van der Waals surface area contributed by atoms with Crippen LogP contribution in [0.1, 0.15) is 32.4 Å². The zero-order chi connectivity index (χ0) is 17.3. The van der Waals surface area contributed by atoms with Crippen molar-refractivity contribution in [3.05, 3.63) is 42.0 Å². The van der Waals surface area contributed by atoms with Crippen molar-refractivity contribution in [3.63, 3.8) is 0 Å². The van der Waals surface area contributed by atoms with Crippen LogP contribution >= 0.6 is 0 Å². The minimum atomic E-state index is -1.80. The summed E-state index contributed by atoms with van der Waals surface area (Å²) >= 11 is 0. The number of methoxy groups -OCH3 is 2. The van der Waals surface area contributed by atoms with Gasteiger partial charge < -0.3 is 13.9 Å². The molecule has 0 N–H and O–H groups in total. The van der Waals surface area contributed by atoms with Crippen LogP contribution in [0, 0.1) is 0 Å². The topological polar surface area (TPSA) is 44.8 Å². The highest BCUT2D eigenvalue weighted by Crippen LogP contribution is 2.31. The highest BCUT2D eigenvalue weighted by atomic mass is 28.4. The summed E-state index contributed by atoms with van der Waals surface area (Å²) in [5.74, 6) is 0.429. The monoisotopic (exact) mass is 336 g/mol. The van der Waals surface area contributed by atoms with E-state index in [1.54, 1.807) is 13.2 Å². The third-order valence-corrected chi connectivity index (χ3v) is 8.98. The smallest absolute Gasteiger partial charge is 0.330 e. The summed E-state index contributed by atoms with van der Waals surface area (Å²) in [4.78, 5) is 11.4. The summed E-state index contributed by atoms with van der Waals surface area (Å²) in [7, 11) is 1.21. The molecule has 0 aromatic heterocycles. The maximum absolute atomic E-state index is 11.4. The molecule has 0 heterocycles. The van der Waals surface area contributed by atoms with Crippen LogP contribution in [0.3, 0.4) is 0 Å². The first-order valence-corrected chi connectivity index (χ1v) is 10.6. The van der Waals surface area contributed by atoms with Crippen molar-refractivity contribution in [2.24, 2.45) is 0 Å². The van der Waals surface area contributed by atoms with Gasteiger partial charge in [-0.05, 0) is 41.9 Å². The lowest BCUT2D eigenvalue weighted by Crippen LogP contribution is -2.37. The molecule has 23 heavy (non-hydrogen) atoms. The summed E-state index contributed by atoms with van der Waals surface area (Å²) < 4.78 is 16.4. The third-order valence-electron chi connectivity index (χ3n) is 4.36. The maximum Gasteiger partial charge on any atom is 0.330 e. The average molecular weight is 337 g/mol. The normalized spacial score (nSPS) is 13.1. The third kappa shape index (κ3) is 5.52. The Morgan fingerprint density at radius 2 is 1.65 bits per heavy atom. The Kier molecular flexibility index (Phi) is 8.06. The first kappa shape index (κ1) is 19.5. The fourth-order valence-electron chi connectivity index (χ4n) is 2.52. The van der Waals surface area contributed by atoms with E-state index in [9.17, 15) is 4.79 Å². The summed E-state index contributed by atoms with van der Waals surface area (Å²) in [5.41, 5.74) is 1.01. The molecule has 0 spiro atoms. The van der Waals surface area contributed by atoms with E-state index in [2.05, 4.69) is 20.8 Å². The van der Waals surface area contributed by atoms with Crippen LogP contribution in [0.25, 0.3) is 0 Å². The molecule has 128 valence electrons. The zero-order valence-electron chi connectivity index (χ0n) is 14.8. The number of esters is 1. The van der Waals surface area contributed by atoms with Crippen molar-refractivity contribution < 1.29 is 18.7 Å². The molecule has 0 aliphatic carbocycles.